The van der Waals surface area contributed by atoms with Gasteiger partial charge >= 0.3 is 0 Å². The minimum absolute atomic E-state index is 0.601. The summed E-state index contributed by atoms with van der Waals surface area (Å²) in [5.41, 5.74) is 11.8. The molecule has 2 heterocycles. The summed E-state index contributed by atoms with van der Waals surface area (Å²) in [7, 11) is 0. The minimum Gasteiger partial charge on any atom is -0.456 e. The van der Waals surface area contributed by atoms with Gasteiger partial charge in [0.25, 0.3) is 0 Å². The number of oxazole rings is 1. The molecule has 0 aliphatic carbocycles. The van der Waals surface area contributed by atoms with E-state index in [1.807, 2.05) is 42.5 Å². The van der Waals surface area contributed by atoms with Gasteiger partial charge < -0.3 is 13.7 Å². The molecular formula is C47H30N2O2. The molecule has 4 nitrogen and oxygen atoms in total. The molecule has 0 saturated carbocycles. The molecule has 0 unspecified atom stereocenters. The summed E-state index contributed by atoms with van der Waals surface area (Å²) in [6.45, 7) is 0. The van der Waals surface area contributed by atoms with Crippen molar-refractivity contribution in [2.45, 2.75) is 0 Å². The summed E-state index contributed by atoms with van der Waals surface area (Å²) >= 11 is 0. The largest absolute Gasteiger partial charge is 0.456 e. The smallest absolute Gasteiger partial charge is 0.227 e. The van der Waals surface area contributed by atoms with Crippen LogP contribution in [0.25, 0.3) is 77.5 Å². The van der Waals surface area contributed by atoms with Crippen LogP contribution in [0.15, 0.2) is 191 Å². The summed E-state index contributed by atoms with van der Waals surface area (Å²) in [5, 5.41) is 4.46. The fraction of sp³-hybridized carbons (Fsp3) is 0. The van der Waals surface area contributed by atoms with Crippen LogP contribution in [-0.4, -0.2) is 4.98 Å². The Morgan fingerprint density at radius 1 is 0.392 bits per heavy atom. The number of furan rings is 1. The third kappa shape index (κ3) is 5.04. The molecule has 10 rings (SSSR count). The van der Waals surface area contributed by atoms with Gasteiger partial charge in [0.05, 0.1) is 5.69 Å². The van der Waals surface area contributed by atoms with Crippen LogP contribution in [-0.2, 0) is 0 Å². The monoisotopic (exact) mass is 654 g/mol. The second-order valence-corrected chi connectivity index (χ2v) is 12.8. The van der Waals surface area contributed by atoms with E-state index >= 15 is 0 Å². The van der Waals surface area contributed by atoms with Crippen molar-refractivity contribution in [1.29, 1.82) is 0 Å². The molecule has 0 bridgehead atoms. The van der Waals surface area contributed by atoms with Crippen LogP contribution in [0.1, 0.15) is 0 Å². The van der Waals surface area contributed by atoms with Crippen LogP contribution >= 0.6 is 0 Å². The lowest BCUT2D eigenvalue weighted by Gasteiger charge is -2.28. The molecular weight excluding hydrogens is 625 g/mol. The van der Waals surface area contributed by atoms with Gasteiger partial charge in [0.2, 0.25) is 5.89 Å². The number of para-hydroxylation sites is 1. The Morgan fingerprint density at radius 3 is 1.88 bits per heavy atom. The Balaban J connectivity index is 1.14. The van der Waals surface area contributed by atoms with Gasteiger partial charge in [0.15, 0.2) is 5.58 Å². The van der Waals surface area contributed by atoms with Gasteiger partial charge in [-0.1, -0.05) is 121 Å². The van der Waals surface area contributed by atoms with Crippen LogP contribution < -0.4 is 4.90 Å². The first-order valence-corrected chi connectivity index (χ1v) is 17.1. The molecule has 51 heavy (non-hydrogen) atoms. The molecule has 0 aliphatic heterocycles. The lowest BCUT2D eigenvalue weighted by Crippen LogP contribution is -2.11. The highest BCUT2D eigenvalue weighted by Crippen LogP contribution is 2.44. The van der Waals surface area contributed by atoms with E-state index in [-0.39, 0.29) is 0 Å². The van der Waals surface area contributed by atoms with Gasteiger partial charge in [-0.3, -0.25) is 0 Å². The van der Waals surface area contributed by atoms with E-state index in [1.165, 1.54) is 27.5 Å². The van der Waals surface area contributed by atoms with E-state index in [0.29, 0.717) is 11.5 Å². The molecule has 4 heteroatoms. The summed E-state index contributed by atoms with van der Waals surface area (Å²) in [6, 6.07) is 63.5. The van der Waals surface area contributed by atoms with Crippen molar-refractivity contribution < 1.29 is 8.83 Å². The van der Waals surface area contributed by atoms with E-state index in [4.69, 9.17) is 13.8 Å². The molecule has 10 aromatic rings. The van der Waals surface area contributed by atoms with Crippen molar-refractivity contribution in [3.05, 3.63) is 182 Å². The van der Waals surface area contributed by atoms with Crippen molar-refractivity contribution in [1.82, 2.24) is 4.98 Å². The predicted octanol–water partition coefficient (Wildman–Crippen LogP) is 13.4. The average molecular weight is 655 g/mol. The predicted molar refractivity (Wildman–Crippen MR) is 210 cm³/mol. The van der Waals surface area contributed by atoms with Crippen molar-refractivity contribution in [2.75, 3.05) is 4.90 Å². The maximum Gasteiger partial charge on any atom is 0.227 e. The summed E-state index contributed by atoms with van der Waals surface area (Å²) in [5.74, 6) is 0.601. The Morgan fingerprint density at radius 2 is 1.04 bits per heavy atom. The molecule has 240 valence electrons. The lowest BCUT2D eigenvalue weighted by molar-refractivity contribution is 0.617. The fourth-order valence-corrected chi connectivity index (χ4v) is 7.25. The van der Waals surface area contributed by atoms with E-state index < -0.39 is 0 Å². The van der Waals surface area contributed by atoms with Gasteiger partial charge in [-0.25, -0.2) is 4.98 Å². The number of hydrogen-bond donors (Lipinski definition) is 0. The zero-order valence-electron chi connectivity index (χ0n) is 27.5. The van der Waals surface area contributed by atoms with E-state index in [2.05, 4.69) is 144 Å². The molecule has 0 aliphatic rings. The molecule has 0 amide bonds. The normalized spacial score (nSPS) is 11.5. The summed E-state index contributed by atoms with van der Waals surface area (Å²) in [4.78, 5) is 7.15. The summed E-state index contributed by atoms with van der Waals surface area (Å²) < 4.78 is 12.8. The van der Waals surface area contributed by atoms with Gasteiger partial charge in [-0.05, 0) is 76.0 Å². The number of rotatable bonds is 6. The van der Waals surface area contributed by atoms with Crippen LogP contribution in [0, 0.1) is 0 Å². The van der Waals surface area contributed by atoms with Crippen molar-refractivity contribution in [3.8, 4) is 33.7 Å². The lowest BCUT2D eigenvalue weighted by atomic mass is 9.96. The highest BCUT2D eigenvalue weighted by atomic mass is 16.4. The van der Waals surface area contributed by atoms with Gasteiger partial charge in [0, 0.05) is 45.4 Å². The number of hydrogen-bond acceptors (Lipinski definition) is 4. The number of benzene rings is 8. The standard InChI is InChI=1S/C47H30N2O2/c1-3-12-31(13-4-1)32-22-24-35(25-23-32)49(43-21-10-9-19-39(43)38-20-11-17-33-14-7-8-18-37(33)38)36-26-27-40-41-29-42-46(30-45(41)50-44(40)28-36)51-47(48-42)34-15-5-2-6-16-34/h1-30H. The van der Waals surface area contributed by atoms with Crippen LogP contribution in [0.2, 0.25) is 0 Å². The van der Waals surface area contributed by atoms with Crippen molar-refractivity contribution >= 4 is 60.9 Å². The van der Waals surface area contributed by atoms with Crippen LogP contribution in [0.5, 0.6) is 0 Å². The third-order valence-corrected chi connectivity index (χ3v) is 9.70. The average Bonchev–Trinajstić information content (AvgIpc) is 3.78. The fourth-order valence-electron chi connectivity index (χ4n) is 7.25. The Bertz CT molecular complexity index is 2850. The Kier molecular flexibility index (Phi) is 6.78. The first kappa shape index (κ1) is 29.0. The zero-order chi connectivity index (χ0) is 33.7. The van der Waals surface area contributed by atoms with Crippen LogP contribution in [0.3, 0.4) is 0 Å². The Hall–Kier alpha value is -6.91. The summed E-state index contributed by atoms with van der Waals surface area (Å²) in [6.07, 6.45) is 0. The van der Waals surface area contributed by atoms with Gasteiger partial charge in [-0.2, -0.15) is 0 Å². The second kappa shape index (κ2) is 11.9. The zero-order valence-corrected chi connectivity index (χ0v) is 27.5. The quantitative estimate of drug-likeness (QED) is 0.179. The van der Waals surface area contributed by atoms with E-state index in [9.17, 15) is 0 Å². The van der Waals surface area contributed by atoms with Crippen molar-refractivity contribution in [3.63, 3.8) is 0 Å². The highest BCUT2D eigenvalue weighted by molar-refractivity contribution is 6.10. The van der Waals surface area contributed by atoms with E-state index in [0.717, 1.165) is 55.6 Å². The second-order valence-electron chi connectivity index (χ2n) is 12.8. The molecule has 2 aromatic heterocycles. The topological polar surface area (TPSA) is 42.4 Å². The molecule has 0 spiro atoms. The first-order valence-electron chi connectivity index (χ1n) is 17.1. The maximum atomic E-state index is 6.57. The molecule has 0 N–H and O–H groups in total. The number of anilines is 3. The van der Waals surface area contributed by atoms with Gasteiger partial charge in [0.1, 0.15) is 16.7 Å². The first-order chi connectivity index (χ1) is 25.3. The highest BCUT2D eigenvalue weighted by Gasteiger charge is 2.21. The van der Waals surface area contributed by atoms with Crippen LogP contribution in [0.4, 0.5) is 17.1 Å². The molecule has 0 fully saturated rings. The maximum absolute atomic E-state index is 6.57. The molecule has 8 aromatic carbocycles. The Labute approximate surface area is 294 Å². The van der Waals surface area contributed by atoms with Crippen molar-refractivity contribution in [2.24, 2.45) is 0 Å². The molecule has 0 radical (unpaired) electrons. The number of aromatic nitrogens is 1. The minimum atomic E-state index is 0.601. The number of nitrogens with zero attached hydrogens (tertiary/aromatic N) is 2. The van der Waals surface area contributed by atoms with Gasteiger partial charge in [-0.15, -0.1) is 0 Å². The molecule has 0 saturated heterocycles. The van der Waals surface area contributed by atoms with E-state index in [1.54, 1.807) is 0 Å². The number of fused-ring (bicyclic) bond motifs is 5. The SMILES string of the molecule is c1ccc(-c2ccc(N(c3ccc4c(c3)oc3cc5oc(-c6ccccc6)nc5cc34)c3ccccc3-c3cccc4ccccc34)cc2)cc1. The molecule has 0 atom stereocenters. The third-order valence-electron chi connectivity index (χ3n) is 9.70.